The highest BCUT2D eigenvalue weighted by Crippen LogP contribution is 2.45. The van der Waals surface area contributed by atoms with Crippen LogP contribution in [-0.2, 0) is 19.3 Å². The molecule has 4 saturated heterocycles. The Morgan fingerprint density at radius 3 is 1.29 bits per heavy atom. The van der Waals surface area contributed by atoms with Gasteiger partial charge in [0.25, 0.3) is 5.56 Å². The van der Waals surface area contributed by atoms with Crippen LogP contribution in [0.5, 0.6) is 5.75 Å². The number of fused-ring (bicyclic) bond motifs is 8. The minimum absolute atomic E-state index is 0.0411. The lowest BCUT2D eigenvalue weighted by Gasteiger charge is -2.47. The zero-order chi connectivity index (χ0) is 103. The average molecular weight is 2040 g/mol. The molecule has 5 aromatic heterocycles. The summed E-state index contributed by atoms with van der Waals surface area (Å²) < 4.78 is 7.89. The van der Waals surface area contributed by atoms with Crippen LogP contribution in [0, 0.1) is 0 Å². The highest BCUT2D eigenvalue weighted by atomic mass is 35.5. The lowest BCUT2D eigenvalue weighted by atomic mass is 9.81. The quantitative estimate of drug-likeness (QED) is 0.0495. The minimum atomic E-state index is -0.561. The van der Waals surface area contributed by atoms with E-state index < -0.39 is 11.6 Å². The summed E-state index contributed by atoms with van der Waals surface area (Å²) in [7, 11) is 8.68. The van der Waals surface area contributed by atoms with E-state index in [1.807, 2.05) is 151 Å². The lowest BCUT2D eigenvalue weighted by molar-refractivity contribution is 0.0926. The topological polar surface area (TPSA) is 259 Å². The molecule has 29 nitrogen and oxygen atoms in total. The number of halogens is 1. The zero-order valence-corrected chi connectivity index (χ0v) is 87.2. The molecule has 9 aromatic carbocycles. The number of aromatic nitrogens is 9. The van der Waals surface area contributed by atoms with Crippen LogP contribution < -0.4 is 76.5 Å². The van der Waals surface area contributed by atoms with Gasteiger partial charge in [0.05, 0.1) is 17.6 Å². The Kier molecular flexibility index (Phi) is 28.8. The van der Waals surface area contributed by atoms with E-state index >= 15 is 0 Å². The monoisotopic (exact) mass is 2030 g/mol. The molecule has 31 heteroatoms. The van der Waals surface area contributed by atoms with Crippen molar-refractivity contribution in [2.24, 2.45) is 0 Å². The number of hydrogen-bond donors (Lipinski definition) is 6. The number of likely N-dealkylation sites (N-methyl/N-ethyl adjacent to an activating group) is 4. The normalized spacial score (nSPS) is 19.2. The molecule has 0 spiro atoms. The largest absolute Gasteiger partial charge is 0.491 e. The van der Waals surface area contributed by atoms with E-state index in [-0.39, 0.29) is 23.4 Å². The fraction of sp³-hybridized carbons (Fsp3) is 0.277. The van der Waals surface area contributed by atoms with Gasteiger partial charge in [0.2, 0.25) is 23.8 Å². The number of benzene rings is 9. The van der Waals surface area contributed by atoms with E-state index in [1.54, 1.807) is 12.4 Å². The predicted octanol–water partition coefficient (Wildman–Crippen LogP) is 19.9. The van der Waals surface area contributed by atoms with E-state index in [4.69, 9.17) is 36.3 Å². The molecule has 0 aliphatic carbocycles. The van der Waals surface area contributed by atoms with Crippen molar-refractivity contribution in [3.63, 3.8) is 0 Å². The standard InChI is InChI=1S/C33H32ClN7O.C30H33N7O.C28H30N6O.C28H30N6S/c1-39-14-16-40(17-15-39)25-12-10-24(11-13-25)37-33-36-20-23-19-28(27-7-3-4-8-29(27)34)32(42)41(31(23)38-33)26-18-22-6-2-5-9-30(22)35-21-26;1-20-9-10-21-19-31-29(32-22-11-13-23(14-12-22)36-17-15-35(4)16-18-36)33-28(21)37(20)27-26(38)24-7-5-6-8-25(24)34-30(27,2)3;2*1-20-7-8-22-18-29-28(30-23-9-11-24(12-10-23)33-15-13-32(2)14-16-33)31-27(22)34(20)25-17-21-5-3-4-6-26(21)35-19-25/h2-13,19-20,26,35H,14-18,21H2,1H3,(H,36,37,38);5-14,19,27,34H,1,15-18H2,2-4H3,(H,31,32,33);2*3-12,18,25H,1,13-17,19H2,2H3,(H,29,30,31). The molecule has 4 unspecified atom stereocenters. The van der Waals surface area contributed by atoms with Crippen LogP contribution in [0.4, 0.5) is 98.1 Å². The number of carbonyl (C=O) groups is 1. The maximum absolute atomic E-state index is 14.2. The van der Waals surface area contributed by atoms with Gasteiger partial charge in [-0.2, -0.15) is 19.9 Å². The molecular formula is C119H125ClN26O3S. The fourth-order valence-electron chi connectivity index (χ4n) is 21.5. The number of ether oxygens (including phenoxy) is 1. The third-order valence-corrected chi connectivity index (χ3v) is 31.5. The molecule has 0 amide bonds. The zero-order valence-electron chi connectivity index (χ0n) is 85.6. The molecule has 4 atom stereocenters. The van der Waals surface area contributed by atoms with E-state index in [9.17, 15) is 9.59 Å². The van der Waals surface area contributed by atoms with Crippen molar-refractivity contribution in [1.29, 1.82) is 0 Å². The van der Waals surface area contributed by atoms with E-state index in [2.05, 4.69) is 307 Å². The number of ketones is 1. The van der Waals surface area contributed by atoms with Gasteiger partial charge in [-0.3, -0.25) is 14.2 Å². The summed E-state index contributed by atoms with van der Waals surface area (Å²) in [6, 6.07) is 75.7. The summed E-state index contributed by atoms with van der Waals surface area (Å²) >= 11 is 8.48. The molecular weight excluding hydrogens is 1910 g/mol. The number of allylic oxidation sites excluding steroid dienone is 3. The molecule has 25 rings (SSSR count). The van der Waals surface area contributed by atoms with Gasteiger partial charge in [-0.15, -0.1) is 11.8 Å². The van der Waals surface area contributed by atoms with Gasteiger partial charge >= 0.3 is 0 Å². The highest BCUT2D eigenvalue weighted by molar-refractivity contribution is 7.99. The Morgan fingerprint density at radius 1 is 0.400 bits per heavy atom. The van der Waals surface area contributed by atoms with Gasteiger partial charge in [0.15, 0.2) is 5.78 Å². The Hall–Kier alpha value is -15.7. The van der Waals surface area contributed by atoms with Crippen LogP contribution in [0.1, 0.15) is 63.6 Å². The smallest absolute Gasteiger partial charge is 0.260 e. The van der Waals surface area contributed by atoms with E-state index in [0.29, 0.717) is 88.3 Å². The molecule has 762 valence electrons. The number of carbonyl (C=O) groups excluding carboxylic acids is 1. The first-order chi connectivity index (χ1) is 73.1. The lowest BCUT2D eigenvalue weighted by Crippen LogP contribution is -2.60. The van der Waals surface area contributed by atoms with Crippen LogP contribution in [0.25, 0.3) is 40.4 Å². The SMILES string of the molecule is C=C1C=Cc2cnc(Nc3ccc(N4CCN(C)CC4)cc3)nc2N1C1C(=O)c2ccccc2NC1(C)C.C=C1C=Cc2cnc(Nc3ccc(N4CCN(C)CC4)cc3)nc2N1C1COc2ccccc2C1.C=C1C=Cc2cnc(Nc3ccc(N4CCN(C)CC4)cc3)nc2N1C1CSc2ccccc2C1.CN1CCN(c2ccc(Nc3ncc4cc(-c5ccccc5Cl)c(=O)n(C5CNc6ccccc6C5)c4n3)cc2)CC1. The third-order valence-electron chi connectivity index (χ3n) is 29.9. The van der Waals surface area contributed by atoms with Crippen molar-refractivity contribution in [3.8, 4) is 16.9 Å². The summed E-state index contributed by atoms with van der Waals surface area (Å²) in [5.41, 5.74) is 21.7. The van der Waals surface area contributed by atoms with Crippen LogP contribution in [0.3, 0.4) is 0 Å². The molecule has 16 heterocycles. The number of rotatable bonds is 17. The summed E-state index contributed by atoms with van der Waals surface area (Å²) in [5.74, 6) is 6.55. The Labute approximate surface area is 885 Å². The molecule has 0 bridgehead atoms. The molecule has 150 heavy (non-hydrogen) atoms. The van der Waals surface area contributed by atoms with Gasteiger partial charge in [-0.25, -0.2) is 19.9 Å². The van der Waals surface area contributed by atoms with Gasteiger partial charge < -0.3 is 90.5 Å². The van der Waals surface area contributed by atoms with E-state index in [0.717, 1.165) is 208 Å². The van der Waals surface area contributed by atoms with Crippen molar-refractivity contribution in [1.82, 2.24) is 64.0 Å². The molecule has 4 fully saturated rings. The summed E-state index contributed by atoms with van der Waals surface area (Å²) in [5, 5.41) is 21.9. The maximum Gasteiger partial charge on any atom is 0.260 e. The number of pyridine rings is 1. The van der Waals surface area contributed by atoms with Crippen molar-refractivity contribution in [2.75, 3.05) is 218 Å². The van der Waals surface area contributed by atoms with Crippen molar-refractivity contribution in [3.05, 3.63) is 359 Å². The molecule has 6 N–H and O–H groups in total. The van der Waals surface area contributed by atoms with Crippen LogP contribution >= 0.6 is 23.4 Å². The van der Waals surface area contributed by atoms with Crippen LogP contribution in [-0.4, -0.2) is 245 Å². The van der Waals surface area contributed by atoms with Gasteiger partial charge in [-0.1, -0.05) is 116 Å². The Bertz CT molecular complexity index is 7320. The number of nitrogens with one attached hydrogen (secondary N) is 6. The second-order valence-electron chi connectivity index (χ2n) is 40.6. The first-order valence-electron chi connectivity index (χ1n) is 51.8. The number of hydrogen-bond acceptors (Lipinski definition) is 29. The van der Waals surface area contributed by atoms with Crippen molar-refractivity contribution >= 4 is 157 Å². The van der Waals surface area contributed by atoms with Crippen LogP contribution in [0.2, 0.25) is 5.02 Å². The number of para-hydroxylation sites is 3. The van der Waals surface area contributed by atoms with Crippen LogP contribution in [0.15, 0.2) is 314 Å². The van der Waals surface area contributed by atoms with Gasteiger partial charge in [0, 0.05) is 277 Å². The number of thioether (sulfide) groups is 1. The van der Waals surface area contributed by atoms with Crippen molar-refractivity contribution in [2.45, 2.75) is 67.7 Å². The summed E-state index contributed by atoms with van der Waals surface area (Å²) in [6.45, 7) is 35.2. The fourth-order valence-corrected chi connectivity index (χ4v) is 22.8. The van der Waals surface area contributed by atoms with E-state index in [1.165, 1.54) is 44.3 Å². The number of anilines is 17. The summed E-state index contributed by atoms with van der Waals surface area (Å²) in [4.78, 5) is 93.0. The molecule has 11 aliphatic rings. The molecule has 14 aromatic rings. The second-order valence-corrected chi connectivity index (χ2v) is 42.1. The predicted molar refractivity (Wildman–Crippen MR) is 614 cm³/mol. The first kappa shape index (κ1) is 98.9. The summed E-state index contributed by atoms with van der Waals surface area (Å²) in [6.07, 6.45) is 22.0. The number of piperazine rings is 4. The Morgan fingerprint density at radius 2 is 0.793 bits per heavy atom. The third kappa shape index (κ3) is 21.7. The number of Topliss-reactive ketones (excluding diaryl/α,β-unsaturated/α-hetero) is 1. The number of nitrogens with zero attached hydrogens (tertiary/aromatic N) is 20. The first-order valence-corrected chi connectivity index (χ1v) is 53.1. The highest BCUT2D eigenvalue weighted by Gasteiger charge is 2.47. The van der Waals surface area contributed by atoms with Gasteiger partial charge in [0.1, 0.15) is 41.5 Å². The molecule has 0 radical (unpaired) electrons. The molecule has 0 saturated carbocycles. The molecule has 11 aliphatic heterocycles. The van der Waals surface area contributed by atoms with Gasteiger partial charge in [-0.05, 0) is 248 Å². The second kappa shape index (κ2) is 43.6. The maximum atomic E-state index is 14.2. The average Bonchev–Trinajstić information content (AvgIpc) is 0.736. The minimum Gasteiger partial charge on any atom is -0.491 e. The van der Waals surface area contributed by atoms with Crippen molar-refractivity contribution < 1.29 is 9.53 Å². The Balaban J connectivity index is 0.000000113.